The first-order valence-corrected chi connectivity index (χ1v) is 10.2. The summed E-state index contributed by atoms with van der Waals surface area (Å²) in [7, 11) is 0. The largest absolute Gasteiger partial charge is 0.456 e. The highest BCUT2D eigenvalue weighted by atomic mass is 16.3. The second-order valence-electron chi connectivity index (χ2n) is 7.88. The van der Waals surface area contributed by atoms with Crippen molar-refractivity contribution in [2.75, 3.05) is 0 Å². The molecule has 2 aromatic heterocycles. The summed E-state index contributed by atoms with van der Waals surface area (Å²) in [6.45, 7) is 0. The molecule has 30 heavy (non-hydrogen) atoms. The molecule has 0 saturated carbocycles. The standard InChI is InChI=1S/C28H17NO/c1-2-8-17(9-3-1)25-15-18-14-24-23(16-26(18)30-25)27-21-12-6-4-10-19(21)20-11-5-7-13-22(20)28(27)29-24/h1-16,29H. The van der Waals surface area contributed by atoms with Crippen molar-refractivity contribution in [3.63, 3.8) is 0 Å². The average Bonchev–Trinajstić information content (AvgIpc) is 3.39. The monoisotopic (exact) mass is 383 g/mol. The number of fused-ring (bicyclic) bond motifs is 9. The molecule has 2 nitrogen and oxygen atoms in total. The van der Waals surface area contributed by atoms with Gasteiger partial charge in [-0.2, -0.15) is 0 Å². The van der Waals surface area contributed by atoms with Gasteiger partial charge in [-0.05, 0) is 34.4 Å². The Morgan fingerprint density at radius 2 is 1.23 bits per heavy atom. The summed E-state index contributed by atoms with van der Waals surface area (Å²) in [6, 6.07) is 34.1. The van der Waals surface area contributed by atoms with E-state index in [-0.39, 0.29) is 0 Å². The number of hydrogen-bond acceptors (Lipinski definition) is 1. The van der Waals surface area contributed by atoms with Crippen LogP contribution in [-0.2, 0) is 0 Å². The van der Waals surface area contributed by atoms with E-state index in [4.69, 9.17) is 4.42 Å². The highest BCUT2D eigenvalue weighted by molar-refractivity contribution is 6.31. The number of benzene rings is 5. The molecule has 0 spiro atoms. The number of nitrogens with one attached hydrogen (secondary N) is 1. The van der Waals surface area contributed by atoms with Crippen LogP contribution in [0.4, 0.5) is 0 Å². The van der Waals surface area contributed by atoms with Crippen LogP contribution in [0.5, 0.6) is 0 Å². The van der Waals surface area contributed by atoms with Crippen molar-refractivity contribution in [2.45, 2.75) is 0 Å². The molecule has 2 heteroatoms. The van der Waals surface area contributed by atoms with Crippen molar-refractivity contribution in [2.24, 2.45) is 0 Å². The van der Waals surface area contributed by atoms with Gasteiger partial charge in [0.25, 0.3) is 0 Å². The van der Waals surface area contributed by atoms with Crippen molar-refractivity contribution < 1.29 is 4.42 Å². The Morgan fingerprint density at radius 3 is 2.03 bits per heavy atom. The summed E-state index contributed by atoms with van der Waals surface area (Å²) >= 11 is 0. The van der Waals surface area contributed by atoms with Gasteiger partial charge >= 0.3 is 0 Å². The van der Waals surface area contributed by atoms with Crippen LogP contribution in [0.15, 0.2) is 101 Å². The van der Waals surface area contributed by atoms with Crippen LogP contribution in [0.3, 0.4) is 0 Å². The van der Waals surface area contributed by atoms with Gasteiger partial charge in [-0.3, -0.25) is 0 Å². The lowest BCUT2D eigenvalue weighted by Crippen LogP contribution is -1.80. The minimum atomic E-state index is 0.901. The topological polar surface area (TPSA) is 28.9 Å². The van der Waals surface area contributed by atoms with Crippen LogP contribution >= 0.6 is 0 Å². The van der Waals surface area contributed by atoms with Gasteiger partial charge in [0.1, 0.15) is 11.3 Å². The molecule has 0 aliphatic heterocycles. The highest BCUT2D eigenvalue weighted by Gasteiger charge is 2.15. The van der Waals surface area contributed by atoms with Gasteiger partial charge in [-0.15, -0.1) is 0 Å². The van der Waals surface area contributed by atoms with Crippen molar-refractivity contribution in [1.82, 2.24) is 4.98 Å². The van der Waals surface area contributed by atoms with Crippen LogP contribution in [0.1, 0.15) is 0 Å². The molecule has 2 heterocycles. The fourth-order valence-corrected chi connectivity index (χ4v) is 4.83. The summed E-state index contributed by atoms with van der Waals surface area (Å²) in [4.78, 5) is 3.71. The number of rotatable bonds is 1. The summed E-state index contributed by atoms with van der Waals surface area (Å²) in [5, 5.41) is 8.66. The Labute approximate surface area is 172 Å². The Balaban J connectivity index is 1.63. The maximum Gasteiger partial charge on any atom is 0.135 e. The molecule has 1 N–H and O–H groups in total. The van der Waals surface area contributed by atoms with Crippen molar-refractivity contribution in [3.05, 3.63) is 97.1 Å². The Morgan fingerprint density at radius 1 is 0.567 bits per heavy atom. The zero-order valence-electron chi connectivity index (χ0n) is 16.1. The zero-order chi connectivity index (χ0) is 19.7. The molecule has 0 radical (unpaired) electrons. The quantitative estimate of drug-likeness (QED) is 0.286. The third-order valence-electron chi connectivity index (χ3n) is 6.18. The first kappa shape index (κ1) is 15.8. The SMILES string of the molecule is c1ccc(-c2cc3cc4[nH]c5c6ccccc6c6ccccc6c5c4cc3o2)cc1. The van der Waals surface area contributed by atoms with Crippen molar-refractivity contribution in [3.8, 4) is 11.3 Å². The molecule has 7 aromatic rings. The molecule has 140 valence electrons. The van der Waals surface area contributed by atoms with Gasteiger partial charge in [-0.25, -0.2) is 0 Å². The predicted molar refractivity (Wildman–Crippen MR) is 126 cm³/mol. The first-order chi connectivity index (χ1) is 14.9. The number of furan rings is 1. The zero-order valence-corrected chi connectivity index (χ0v) is 16.1. The van der Waals surface area contributed by atoms with Gasteiger partial charge in [0.05, 0.1) is 5.52 Å². The summed E-state index contributed by atoms with van der Waals surface area (Å²) in [5.41, 5.74) is 4.34. The van der Waals surface area contributed by atoms with E-state index in [1.165, 1.54) is 37.8 Å². The van der Waals surface area contributed by atoms with E-state index in [0.717, 1.165) is 27.8 Å². The van der Waals surface area contributed by atoms with Crippen LogP contribution in [0.25, 0.3) is 65.6 Å². The Bertz CT molecular complexity index is 1740. The first-order valence-electron chi connectivity index (χ1n) is 10.2. The molecule has 0 fully saturated rings. The van der Waals surface area contributed by atoms with E-state index in [9.17, 15) is 0 Å². The maximum atomic E-state index is 6.27. The molecule has 0 aliphatic rings. The van der Waals surface area contributed by atoms with Gasteiger partial charge < -0.3 is 9.40 Å². The van der Waals surface area contributed by atoms with Crippen LogP contribution in [0, 0.1) is 0 Å². The fraction of sp³-hybridized carbons (Fsp3) is 0. The van der Waals surface area contributed by atoms with E-state index in [0.29, 0.717) is 0 Å². The van der Waals surface area contributed by atoms with Crippen LogP contribution < -0.4 is 0 Å². The van der Waals surface area contributed by atoms with Crippen molar-refractivity contribution in [1.29, 1.82) is 0 Å². The number of aromatic amines is 1. The van der Waals surface area contributed by atoms with E-state index in [1.54, 1.807) is 0 Å². The lowest BCUT2D eigenvalue weighted by atomic mass is 9.97. The molecule has 0 aliphatic carbocycles. The maximum absolute atomic E-state index is 6.27. The lowest BCUT2D eigenvalue weighted by molar-refractivity contribution is 0.632. The molecular weight excluding hydrogens is 366 g/mol. The van der Waals surface area contributed by atoms with E-state index in [2.05, 4.69) is 83.8 Å². The van der Waals surface area contributed by atoms with Gasteiger partial charge in [0, 0.05) is 32.6 Å². The lowest BCUT2D eigenvalue weighted by Gasteiger charge is -2.06. The third-order valence-corrected chi connectivity index (χ3v) is 6.18. The third kappa shape index (κ3) is 2.08. The van der Waals surface area contributed by atoms with Crippen LogP contribution in [-0.4, -0.2) is 4.98 Å². The average molecular weight is 383 g/mol. The number of aromatic nitrogens is 1. The highest BCUT2D eigenvalue weighted by Crippen LogP contribution is 2.40. The van der Waals surface area contributed by atoms with E-state index >= 15 is 0 Å². The van der Waals surface area contributed by atoms with Gasteiger partial charge in [-0.1, -0.05) is 78.9 Å². The second-order valence-corrected chi connectivity index (χ2v) is 7.88. The molecule has 0 unspecified atom stereocenters. The number of H-pyrrole nitrogens is 1. The van der Waals surface area contributed by atoms with E-state index in [1.807, 2.05) is 18.2 Å². The molecule has 0 amide bonds. The summed E-state index contributed by atoms with van der Waals surface area (Å²) < 4.78 is 6.27. The molecular formula is C28H17NO. The van der Waals surface area contributed by atoms with E-state index < -0.39 is 0 Å². The van der Waals surface area contributed by atoms with Crippen molar-refractivity contribution >= 4 is 54.3 Å². The molecule has 0 saturated heterocycles. The molecule has 7 rings (SSSR count). The second kappa shape index (κ2) is 5.74. The number of hydrogen-bond donors (Lipinski definition) is 1. The summed E-state index contributed by atoms with van der Waals surface area (Å²) in [5.74, 6) is 0.901. The van der Waals surface area contributed by atoms with Gasteiger partial charge in [0.2, 0.25) is 0 Å². The smallest absolute Gasteiger partial charge is 0.135 e. The minimum Gasteiger partial charge on any atom is -0.456 e. The molecule has 0 atom stereocenters. The Hall–Kier alpha value is -4.04. The summed E-state index contributed by atoms with van der Waals surface area (Å²) in [6.07, 6.45) is 0. The van der Waals surface area contributed by atoms with Gasteiger partial charge in [0.15, 0.2) is 0 Å². The predicted octanol–water partition coefficient (Wildman–Crippen LogP) is 8.04. The fourth-order valence-electron chi connectivity index (χ4n) is 4.83. The minimum absolute atomic E-state index is 0.901. The molecule has 5 aromatic carbocycles. The Kier molecular flexibility index (Phi) is 3.03. The normalized spacial score (nSPS) is 12.0. The molecule has 0 bridgehead atoms. The van der Waals surface area contributed by atoms with Crippen LogP contribution in [0.2, 0.25) is 0 Å².